The number of aromatic amines is 1. The Bertz CT molecular complexity index is 1550. The van der Waals surface area contributed by atoms with Gasteiger partial charge in [-0.3, -0.25) is 9.69 Å². The van der Waals surface area contributed by atoms with Crippen LogP contribution in [0.1, 0.15) is 21.6 Å². The van der Waals surface area contributed by atoms with Gasteiger partial charge in [-0.05, 0) is 49.0 Å². The molecule has 0 saturated carbocycles. The van der Waals surface area contributed by atoms with Crippen LogP contribution in [0.5, 0.6) is 0 Å². The molecule has 1 fully saturated rings. The normalized spacial score (nSPS) is 15.4. The number of rotatable bonds is 5. The molecule has 1 saturated heterocycles. The standard InChI is InChI=1S/C26H28N8O/c1-31-7-9-33(10-8-31)15-17-3-5-21-18(11-17)12-23(30-21)25(35)20-14-29-34(26(20)27)19-4-6-24-22(13-19)28-16-32(24)2/h3-6,11-14,16,30H,7-10,15,27H2,1-2H3. The number of ketones is 1. The molecule has 0 spiro atoms. The van der Waals surface area contributed by atoms with Gasteiger partial charge in [0.15, 0.2) is 0 Å². The summed E-state index contributed by atoms with van der Waals surface area (Å²) < 4.78 is 3.53. The van der Waals surface area contributed by atoms with E-state index in [4.69, 9.17) is 5.73 Å². The summed E-state index contributed by atoms with van der Waals surface area (Å²) in [5.74, 6) is 0.129. The molecule has 0 amide bonds. The van der Waals surface area contributed by atoms with E-state index in [2.05, 4.69) is 44.0 Å². The summed E-state index contributed by atoms with van der Waals surface area (Å²) in [6.07, 6.45) is 3.30. The molecule has 1 aliphatic rings. The molecule has 0 bridgehead atoms. The van der Waals surface area contributed by atoms with Gasteiger partial charge in [0.05, 0.1) is 40.5 Å². The van der Waals surface area contributed by atoms with Gasteiger partial charge in [0, 0.05) is 50.7 Å². The van der Waals surface area contributed by atoms with Crippen molar-refractivity contribution in [2.45, 2.75) is 6.54 Å². The van der Waals surface area contributed by atoms with Crippen molar-refractivity contribution in [3.05, 3.63) is 71.8 Å². The van der Waals surface area contributed by atoms with Crippen LogP contribution in [0.4, 0.5) is 5.82 Å². The van der Waals surface area contributed by atoms with Gasteiger partial charge in [0.1, 0.15) is 5.82 Å². The first-order valence-electron chi connectivity index (χ1n) is 11.8. The number of aromatic nitrogens is 5. The fraction of sp³-hybridized carbons (Fsp3) is 0.269. The van der Waals surface area contributed by atoms with Crippen LogP contribution in [-0.2, 0) is 13.6 Å². The second-order valence-electron chi connectivity index (χ2n) is 9.40. The number of hydrogen-bond donors (Lipinski definition) is 2. The average Bonchev–Trinajstić information content (AvgIpc) is 3.56. The molecular formula is C26H28N8O. The molecule has 2 aromatic carbocycles. The van der Waals surface area contributed by atoms with E-state index in [9.17, 15) is 4.79 Å². The lowest BCUT2D eigenvalue weighted by Crippen LogP contribution is -2.43. The number of nitrogens with zero attached hydrogens (tertiary/aromatic N) is 6. The number of hydrogen-bond acceptors (Lipinski definition) is 6. The first-order chi connectivity index (χ1) is 17.0. The highest BCUT2D eigenvalue weighted by Gasteiger charge is 2.20. The van der Waals surface area contributed by atoms with E-state index in [1.807, 2.05) is 41.9 Å². The number of carbonyl (C=O) groups is 1. The van der Waals surface area contributed by atoms with Gasteiger partial charge in [-0.2, -0.15) is 5.10 Å². The molecule has 0 unspecified atom stereocenters. The van der Waals surface area contributed by atoms with Gasteiger partial charge in [-0.15, -0.1) is 0 Å². The number of fused-ring (bicyclic) bond motifs is 2. The van der Waals surface area contributed by atoms with Crippen molar-refractivity contribution in [1.82, 2.24) is 34.1 Å². The SMILES string of the molecule is CN1CCN(Cc2ccc3[nH]c(C(=O)c4cnn(-c5ccc6c(c5)ncn6C)c4N)cc3c2)CC1. The number of piperazine rings is 1. The molecule has 1 aliphatic heterocycles. The van der Waals surface area contributed by atoms with Gasteiger partial charge < -0.3 is 20.2 Å². The summed E-state index contributed by atoms with van der Waals surface area (Å²) in [7, 11) is 4.11. The van der Waals surface area contributed by atoms with E-state index in [-0.39, 0.29) is 5.78 Å². The molecule has 0 atom stereocenters. The van der Waals surface area contributed by atoms with Gasteiger partial charge in [-0.25, -0.2) is 9.67 Å². The van der Waals surface area contributed by atoms with E-state index < -0.39 is 0 Å². The molecule has 9 nitrogen and oxygen atoms in total. The van der Waals surface area contributed by atoms with Crippen LogP contribution < -0.4 is 5.73 Å². The molecule has 178 valence electrons. The van der Waals surface area contributed by atoms with E-state index in [1.54, 1.807) is 11.0 Å². The van der Waals surface area contributed by atoms with Crippen LogP contribution in [0.15, 0.2) is 55.0 Å². The first kappa shape index (κ1) is 21.6. The molecule has 3 N–H and O–H groups in total. The number of likely N-dealkylation sites (N-methyl/N-ethyl adjacent to an activating group) is 1. The Hall–Kier alpha value is -3.95. The number of nitrogens with two attached hydrogens (primary N) is 1. The molecule has 0 radical (unpaired) electrons. The minimum Gasteiger partial charge on any atom is -0.383 e. The van der Waals surface area contributed by atoms with Crippen LogP contribution in [0.3, 0.4) is 0 Å². The van der Waals surface area contributed by atoms with Crippen LogP contribution in [0.25, 0.3) is 27.6 Å². The van der Waals surface area contributed by atoms with Crippen LogP contribution in [0, 0.1) is 0 Å². The quantitative estimate of drug-likeness (QED) is 0.385. The van der Waals surface area contributed by atoms with E-state index in [1.165, 1.54) is 11.8 Å². The van der Waals surface area contributed by atoms with E-state index in [0.29, 0.717) is 17.1 Å². The van der Waals surface area contributed by atoms with Crippen LogP contribution >= 0.6 is 0 Å². The molecule has 4 heterocycles. The number of nitrogen functional groups attached to an aromatic ring is 1. The maximum Gasteiger partial charge on any atom is 0.214 e. The average molecular weight is 469 g/mol. The van der Waals surface area contributed by atoms with Crippen molar-refractivity contribution in [1.29, 1.82) is 0 Å². The highest BCUT2D eigenvalue weighted by molar-refractivity contribution is 6.12. The van der Waals surface area contributed by atoms with Crippen molar-refractivity contribution < 1.29 is 4.79 Å². The topological polar surface area (TPSA) is 101 Å². The summed E-state index contributed by atoms with van der Waals surface area (Å²) in [6, 6.07) is 14.1. The summed E-state index contributed by atoms with van der Waals surface area (Å²) in [5, 5.41) is 5.42. The minimum absolute atomic E-state index is 0.176. The van der Waals surface area contributed by atoms with Crippen molar-refractivity contribution >= 4 is 33.5 Å². The van der Waals surface area contributed by atoms with E-state index >= 15 is 0 Å². The van der Waals surface area contributed by atoms with Crippen molar-refractivity contribution in [3.63, 3.8) is 0 Å². The highest BCUT2D eigenvalue weighted by atomic mass is 16.1. The fourth-order valence-electron chi connectivity index (χ4n) is 4.81. The lowest BCUT2D eigenvalue weighted by molar-refractivity contribution is 0.103. The third-order valence-corrected chi connectivity index (χ3v) is 6.94. The molecule has 9 heteroatoms. The molecule has 3 aromatic heterocycles. The smallest absolute Gasteiger partial charge is 0.214 e. The third kappa shape index (κ3) is 3.88. The molecular weight excluding hydrogens is 440 g/mol. The molecule has 6 rings (SSSR count). The molecule has 35 heavy (non-hydrogen) atoms. The maximum absolute atomic E-state index is 13.3. The predicted molar refractivity (Wildman–Crippen MR) is 137 cm³/mol. The Balaban J connectivity index is 1.25. The van der Waals surface area contributed by atoms with E-state index in [0.717, 1.165) is 60.3 Å². The Kier molecular flexibility index (Phi) is 5.16. The monoisotopic (exact) mass is 468 g/mol. The first-order valence-corrected chi connectivity index (χ1v) is 11.8. The van der Waals surface area contributed by atoms with Gasteiger partial charge >= 0.3 is 0 Å². The predicted octanol–water partition coefficient (Wildman–Crippen LogP) is 2.80. The van der Waals surface area contributed by atoms with Crippen molar-refractivity contribution in [3.8, 4) is 5.69 Å². The molecule has 0 aliphatic carbocycles. The number of benzene rings is 2. The maximum atomic E-state index is 13.3. The largest absolute Gasteiger partial charge is 0.383 e. The zero-order valence-corrected chi connectivity index (χ0v) is 19.9. The molecule has 5 aromatic rings. The van der Waals surface area contributed by atoms with Gasteiger partial charge in [-0.1, -0.05) is 6.07 Å². The summed E-state index contributed by atoms with van der Waals surface area (Å²) >= 11 is 0. The Morgan fingerprint density at radius 3 is 2.71 bits per heavy atom. The lowest BCUT2D eigenvalue weighted by atomic mass is 10.1. The summed E-state index contributed by atoms with van der Waals surface area (Å²) in [5.41, 5.74) is 12.1. The number of H-pyrrole nitrogens is 1. The van der Waals surface area contributed by atoms with Gasteiger partial charge in [0.25, 0.3) is 0 Å². The Morgan fingerprint density at radius 2 is 1.89 bits per heavy atom. The number of imidazole rings is 1. The van der Waals surface area contributed by atoms with Crippen molar-refractivity contribution in [2.24, 2.45) is 7.05 Å². The van der Waals surface area contributed by atoms with Crippen molar-refractivity contribution in [2.75, 3.05) is 39.0 Å². The Labute approximate surface area is 202 Å². The second-order valence-corrected chi connectivity index (χ2v) is 9.40. The van der Waals surface area contributed by atoms with Gasteiger partial charge in [0.2, 0.25) is 5.78 Å². The summed E-state index contributed by atoms with van der Waals surface area (Å²) in [6.45, 7) is 5.24. The summed E-state index contributed by atoms with van der Waals surface area (Å²) in [4.78, 5) is 25.8. The highest BCUT2D eigenvalue weighted by Crippen LogP contribution is 2.25. The number of nitrogens with one attached hydrogen (secondary N) is 1. The number of anilines is 1. The lowest BCUT2D eigenvalue weighted by Gasteiger charge is -2.32. The minimum atomic E-state index is -0.176. The van der Waals surface area contributed by atoms with Crippen LogP contribution in [-0.4, -0.2) is 73.1 Å². The second kappa shape index (κ2) is 8.37. The zero-order valence-electron chi connectivity index (χ0n) is 19.9. The Morgan fingerprint density at radius 1 is 1.06 bits per heavy atom. The van der Waals surface area contributed by atoms with Crippen LogP contribution in [0.2, 0.25) is 0 Å². The fourth-order valence-corrected chi connectivity index (χ4v) is 4.81. The number of carbonyl (C=O) groups excluding carboxylic acids is 1. The third-order valence-electron chi connectivity index (χ3n) is 6.94. The number of aryl methyl sites for hydroxylation is 1. The zero-order chi connectivity index (χ0) is 24.1.